The maximum atomic E-state index is 12.4. The van der Waals surface area contributed by atoms with Crippen LogP contribution in [-0.2, 0) is 9.84 Å². The van der Waals surface area contributed by atoms with Crippen molar-refractivity contribution in [2.45, 2.75) is 9.79 Å². The van der Waals surface area contributed by atoms with Crippen LogP contribution in [0.1, 0.15) is 0 Å². The first kappa shape index (κ1) is 14.5. The summed E-state index contributed by atoms with van der Waals surface area (Å²) in [4.78, 5) is 9.41. The number of halogens is 1. The summed E-state index contributed by atoms with van der Waals surface area (Å²) in [7, 11) is -4.03. The third kappa shape index (κ3) is 2.52. The summed E-state index contributed by atoms with van der Waals surface area (Å²) in [5.74, 6) is -0.873. The maximum Gasteiger partial charge on any atom is 0.313 e. The van der Waals surface area contributed by atoms with Crippen molar-refractivity contribution in [1.29, 1.82) is 0 Å². The number of hydrogen-bond donors (Lipinski definition) is 1. The highest BCUT2D eigenvalue weighted by atomic mass is 79.9. The Bertz CT molecular complexity index is 774. The number of aromatic hydroxyl groups is 1. The number of sulfone groups is 1. The Labute approximate surface area is 122 Å². The quantitative estimate of drug-likeness (QED) is 0.672. The van der Waals surface area contributed by atoms with Crippen LogP contribution in [0.25, 0.3) is 0 Å². The number of benzene rings is 2. The highest BCUT2D eigenvalue weighted by Gasteiger charge is 2.28. The first-order valence-electron chi connectivity index (χ1n) is 5.31. The molecule has 0 spiro atoms. The summed E-state index contributed by atoms with van der Waals surface area (Å²) in [5, 5.41) is 20.7. The maximum absolute atomic E-state index is 12.4. The lowest BCUT2D eigenvalue weighted by Gasteiger charge is -2.07. The first-order chi connectivity index (χ1) is 9.34. The fourth-order valence-electron chi connectivity index (χ4n) is 1.63. The van der Waals surface area contributed by atoms with Gasteiger partial charge < -0.3 is 5.11 Å². The summed E-state index contributed by atoms with van der Waals surface area (Å²) in [6.07, 6.45) is 0. The van der Waals surface area contributed by atoms with Crippen LogP contribution < -0.4 is 0 Å². The monoisotopic (exact) mass is 357 g/mol. The van der Waals surface area contributed by atoms with Gasteiger partial charge in [0.25, 0.3) is 0 Å². The molecule has 6 nitrogen and oxygen atoms in total. The van der Waals surface area contributed by atoms with Crippen LogP contribution in [0.4, 0.5) is 5.69 Å². The molecule has 2 rings (SSSR count). The van der Waals surface area contributed by atoms with Gasteiger partial charge in [-0.25, -0.2) is 8.42 Å². The van der Waals surface area contributed by atoms with Crippen molar-refractivity contribution in [3.8, 4) is 5.75 Å². The zero-order valence-corrected chi connectivity index (χ0v) is 12.3. The zero-order chi connectivity index (χ0) is 14.9. The van der Waals surface area contributed by atoms with Crippen molar-refractivity contribution in [2.75, 3.05) is 0 Å². The summed E-state index contributed by atoms with van der Waals surface area (Å²) >= 11 is 3.00. The number of nitrogens with zero attached hydrogens (tertiary/aromatic N) is 1. The van der Waals surface area contributed by atoms with Crippen LogP contribution in [0.5, 0.6) is 5.75 Å². The van der Waals surface area contributed by atoms with E-state index in [9.17, 15) is 23.6 Å². The second-order valence-electron chi connectivity index (χ2n) is 3.85. The number of hydrogen-bond acceptors (Lipinski definition) is 5. The van der Waals surface area contributed by atoms with Crippen molar-refractivity contribution in [3.05, 3.63) is 57.1 Å². The smallest absolute Gasteiger partial charge is 0.313 e. The van der Waals surface area contributed by atoms with Gasteiger partial charge in [-0.15, -0.1) is 0 Å². The molecule has 0 atom stereocenters. The molecule has 104 valence electrons. The number of phenols is 1. The van der Waals surface area contributed by atoms with Gasteiger partial charge in [-0.3, -0.25) is 10.1 Å². The standard InChI is InChI=1S/C12H8BrNO5S/c13-8-6-10(14(16)17)12(15)11(7-8)20(18,19)9-4-2-1-3-5-9/h1-7,15H. The fourth-order valence-corrected chi connectivity index (χ4v) is 3.64. The second kappa shape index (κ2) is 5.22. The molecule has 0 unspecified atom stereocenters. The summed E-state index contributed by atoms with van der Waals surface area (Å²) in [5.41, 5.74) is -0.672. The van der Waals surface area contributed by atoms with Crippen LogP contribution in [-0.4, -0.2) is 18.4 Å². The molecule has 20 heavy (non-hydrogen) atoms. The van der Waals surface area contributed by atoms with Gasteiger partial charge in [0.15, 0.2) is 0 Å². The van der Waals surface area contributed by atoms with E-state index in [1.54, 1.807) is 6.07 Å². The van der Waals surface area contributed by atoms with Crippen molar-refractivity contribution >= 4 is 31.5 Å². The van der Waals surface area contributed by atoms with E-state index < -0.39 is 31.1 Å². The van der Waals surface area contributed by atoms with E-state index in [1.807, 2.05) is 0 Å². The van der Waals surface area contributed by atoms with E-state index in [0.29, 0.717) is 0 Å². The van der Waals surface area contributed by atoms with Gasteiger partial charge in [-0.05, 0) is 18.2 Å². The number of nitro groups is 1. The lowest BCUT2D eigenvalue weighted by Crippen LogP contribution is -2.03. The highest BCUT2D eigenvalue weighted by molar-refractivity contribution is 9.10. The van der Waals surface area contributed by atoms with E-state index in [2.05, 4.69) is 15.9 Å². The molecule has 0 fully saturated rings. The third-order valence-corrected chi connectivity index (χ3v) is 4.80. The number of phenolic OH excluding ortho intramolecular Hbond substituents is 1. The number of rotatable bonds is 3. The minimum absolute atomic E-state index is 0.0531. The van der Waals surface area contributed by atoms with Crippen molar-refractivity contribution in [2.24, 2.45) is 0 Å². The van der Waals surface area contributed by atoms with E-state index in [0.717, 1.165) is 12.1 Å². The van der Waals surface area contributed by atoms with Gasteiger partial charge in [-0.1, -0.05) is 34.1 Å². The Morgan fingerprint density at radius 1 is 1.15 bits per heavy atom. The van der Waals surface area contributed by atoms with E-state index in [-0.39, 0.29) is 9.37 Å². The Balaban J connectivity index is 2.73. The highest BCUT2D eigenvalue weighted by Crippen LogP contribution is 2.38. The molecule has 0 saturated heterocycles. The van der Waals surface area contributed by atoms with Gasteiger partial charge in [0, 0.05) is 10.5 Å². The average molecular weight is 358 g/mol. The van der Waals surface area contributed by atoms with Crippen LogP contribution in [0.2, 0.25) is 0 Å². The lowest BCUT2D eigenvalue weighted by molar-refractivity contribution is -0.386. The van der Waals surface area contributed by atoms with Crippen LogP contribution >= 0.6 is 15.9 Å². The van der Waals surface area contributed by atoms with Gasteiger partial charge >= 0.3 is 5.69 Å². The summed E-state index contributed by atoms with van der Waals surface area (Å²) in [6, 6.07) is 9.56. The molecule has 0 aliphatic heterocycles. The van der Waals surface area contributed by atoms with Crippen molar-refractivity contribution in [3.63, 3.8) is 0 Å². The molecule has 0 bridgehead atoms. The molecule has 2 aromatic carbocycles. The summed E-state index contributed by atoms with van der Waals surface area (Å²) < 4.78 is 24.9. The molecular weight excluding hydrogens is 350 g/mol. The topological polar surface area (TPSA) is 97.5 Å². The Morgan fingerprint density at radius 2 is 1.75 bits per heavy atom. The van der Waals surface area contributed by atoms with Crippen molar-refractivity contribution < 1.29 is 18.4 Å². The lowest BCUT2D eigenvalue weighted by atomic mass is 10.3. The predicted octanol–water partition coefficient (Wildman–Crippen LogP) is 2.90. The van der Waals surface area contributed by atoms with Crippen molar-refractivity contribution in [1.82, 2.24) is 0 Å². The fraction of sp³-hybridized carbons (Fsp3) is 0. The average Bonchev–Trinajstić information content (AvgIpc) is 2.41. The zero-order valence-electron chi connectivity index (χ0n) is 9.86. The van der Waals surface area contributed by atoms with Gasteiger partial charge in [-0.2, -0.15) is 0 Å². The second-order valence-corrected chi connectivity index (χ2v) is 6.68. The van der Waals surface area contributed by atoms with E-state index in [1.165, 1.54) is 24.3 Å². The molecule has 0 heterocycles. The molecular formula is C12H8BrNO5S. The van der Waals surface area contributed by atoms with E-state index >= 15 is 0 Å². The molecule has 8 heteroatoms. The molecule has 0 aliphatic carbocycles. The molecule has 1 N–H and O–H groups in total. The largest absolute Gasteiger partial charge is 0.501 e. The Morgan fingerprint density at radius 3 is 2.30 bits per heavy atom. The minimum atomic E-state index is -4.03. The SMILES string of the molecule is O=[N+]([O-])c1cc(Br)cc(S(=O)(=O)c2ccccc2)c1O. The molecule has 0 saturated carbocycles. The normalized spacial score (nSPS) is 11.2. The summed E-state index contributed by atoms with van der Waals surface area (Å²) in [6.45, 7) is 0. The number of nitro benzene ring substituents is 1. The molecule has 2 aromatic rings. The van der Waals surface area contributed by atoms with E-state index in [4.69, 9.17) is 0 Å². The van der Waals surface area contributed by atoms with Crippen LogP contribution in [0.15, 0.2) is 56.7 Å². The van der Waals surface area contributed by atoms with Gasteiger partial charge in [0.2, 0.25) is 15.6 Å². The molecule has 0 radical (unpaired) electrons. The molecule has 0 aliphatic rings. The predicted molar refractivity (Wildman–Crippen MR) is 74.4 cm³/mol. The van der Waals surface area contributed by atoms with Gasteiger partial charge in [0.05, 0.1) is 9.82 Å². The minimum Gasteiger partial charge on any atom is -0.501 e. The van der Waals surface area contributed by atoms with Crippen LogP contribution in [0.3, 0.4) is 0 Å². The van der Waals surface area contributed by atoms with Gasteiger partial charge in [0.1, 0.15) is 4.90 Å². The Kier molecular flexibility index (Phi) is 3.78. The molecule has 0 aromatic heterocycles. The first-order valence-corrected chi connectivity index (χ1v) is 7.58. The third-order valence-electron chi connectivity index (χ3n) is 2.56. The molecule has 0 amide bonds. The van der Waals surface area contributed by atoms with Crippen LogP contribution in [0, 0.1) is 10.1 Å². The Hall–Kier alpha value is -1.93.